The van der Waals surface area contributed by atoms with Gasteiger partial charge in [0.25, 0.3) is 5.91 Å². The molecule has 0 saturated carbocycles. The Morgan fingerprint density at radius 1 is 1.22 bits per heavy atom. The number of rotatable bonds is 7. The van der Waals surface area contributed by atoms with Gasteiger partial charge in [-0.1, -0.05) is 29.8 Å². The largest absolute Gasteiger partial charge is 0.484 e. The van der Waals surface area contributed by atoms with Crippen molar-refractivity contribution in [1.29, 1.82) is 0 Å². The van der Waals surface area contributed by atoms with Gasteiger partial charge < -0.3 is 9.64 Å². The summed E-state index contributed by atoms with van der Waals surface area (Å²) in [4.78, 5) is 13.5. The van der Waals surface area contributed by atoms with E-state index in [1.807, 2.05) is 31.2 Å². The summed E-state index contributed by atoms with van der Waals surface area (Å²) in [7, 11) is 0. The second kappa shape index (κ2) is 7.33. The Bertz CT molecular complexity index is 399. The number of ether oxygens (including phenoxy) is 1. The highest BCUT2D eigenvalue weighted by Crippen LogP contribution is 2.11. The first kappa shape index (κ1) is 14.0. The second-order valence-electron chi connectivity index (χ2n) is 3.98. The quantitative estimate of drug-likeness (QED) is 0.691. The molecule has 18 heavy (non-hydrogen) atoms. The summed E-state index contributed by atoms with van der Waals surface area (Å²) < 4.78 is 5.44. The summed E-state index contributed by atoms with van der Waals surface area (Å²) in [6, 6.07) is 7.61. The fourth-order valence-corrected chi connectivity index (χ4v) is 1.46. The van der Waals surface area contributed by atoms with Crippen LogP contribution in [0.15, 0.2) is 49.6 Å². The van der Waals surface area contributed by atoms with Crippen LogP contribution in [-0.2, 0) is 4.79 Å². The lowest BCUT2D eigenvalue weighted by Gasteiger charge is -2.19. The Hall–Kier alpha value is -2.03. The van der Waals surface area contributed by atoms with Crippen molar-refractivity contribution in [3.63, 3.8) is 0 Å². The molecule has 0 fully saturated rings. The Balaban J connectivity index is 2.50. The highest BCUT2D eigenvalue weighted by molar-refractivity contribution is 5.78. The van der Waals surface area contributed by atoms with Crippen LogP contribution in [-0.4, -0.2) is 30.5 Å². The number of amides is 1. The highest BCUT2D eigenvalue weighted by Gasteiger charge is 2.10. The van der Waals surface area contributed by atoms with E-state index in [2.05, 4.69) is 13.2 Å². The monoisotopic (exact) mass is 245 g/mol. The van der Waals surface area contributed by atoms with Crippen molar-refractivity contribution >= 4 is 5.91 Å². The van der Waals surface area contributed by atoms with Gasteiger partial charge in [0.2, 0.25) is 0 Å². The van der Waals surface area contributed by atoms with Crippen molar-refractivity contribution in [1.82, 2.24) is 4.90 Å². The predicted molar refractivity (Wildman–Crippen MR) is 73.6 cm³/mol. The SMILES string of the molecule is C=CCN(CC=C)C(=O)COc1ccc(C)cc1. The fourth-order valence-electron chi connectivity index (χ4n) is 1.46. The average molecular weight is 245 g/mol. The van der Waals surface area contributed by atoms with E-state index in [1.165, 1.54) is 0 Å². The molecule has 0 N–H and O–H groups in total. The van der Waals surface area contributed by atoms with Crippen molar-refractivity contribution in [2.75, 3.05) is 19.7 Å². The molecule has 0 radical (unpaired) electrons. The molecule has 1 amide bonds. The summed E-state index contributed by atoms with van der Waals surface area (Å²) in [6.45, 7) is 10.3. The van der Waals surface area contributed by atoms with Gasteiger partial charge in [-0.05, 0) is 19.1 Å². The first-order valence-corrected chi connectivity index (χ1v) is 5.86. The molecule has 0 aromatic heterocycles. The van der Waals surface area contributed by atoms with Gasteiger partial charge in [-0.25, -0.2) is 0 Å². The van der Waals surface area contributed by atoms with E-state index in [1.54, 1.807) is 17.1 Å². The number of carbonyl (C=O) groups excluding carboxylic acids is 1. The molecular weight excluding hydrogens is 226 g/mol. The van der Waals surface area contributed by atoms with Gasteiger partial charge in [-0.3, -0.25) is 4.79 Å². The second-order valence-corrected chi connectivity index (χ2v) is 3.98. The van der Waals surface area contributed by atoms with E-state index < -0.39 is 0 Å². The van der Waals surface area contributed by atoms with E-state index in [-0.39, 0.29) is 12.5 Å². The van der Waals surface area contributed by atoms with Crippen LogP contribution in [0.4, 0.5) is 0 Å². The maximum atomic E-state index is 11.9. The van der Waals surface area contributed by atoms with E-state index >= 15 is 0 Å². The summed E-state index contributed by atoms with van der Waals surface area (Å²) >= 11 is 0. The third-order valence-electron chi connectivity index (χ3n) is 2.43. The smallest absolute Gasteiger partial charge is 0.261 e. The van der Waals surface area contributed by atoms with Gasteiger partial charge in [-0.15, -0.1) is 13.2 Å². The molecule has 0 heterocycles. The first-order valence-electron chi connectivity index (χ1n) is 5.86. The van der Waals surface area contributed by atoms with Gasteiger partial charge in [0.1, 0.15) is 5.75 Å². The molecule has 0 aliphatic heterocycles. The zero-order chi connectivity index (χ0) is 13.4. The van der Waals surface area contributed by atoms with Crippen LogP contribution < -0.4 is 4.74 Å². The molecule has 3 nitrogen and oxygen atoms in total. The topological polar surface area (TPSA) is 29.5 Å². The third kappa shape index (κ3) is 4.45. The average Bonchev–Trinajstić information content (AvgIpc) is 2.37. The number of hydrogen-bond acceptors (Lipinski definition) is 2. The molecule has 0 saturated heterocycles. The number of hydrogen-bond donors (Lipinski definition) is 0. The maximum absolute atomic E-state index is 11.9. The first-order chi connectivity index (χ1) is 8.67. The van der Waals surface area contributed by atoms with Gasteiger partial charge in [0.15, 0.2) is 6.61 Å². The van der Waals surface area contributed by atoms with E-state index in [0.717, 1.165) is 5.56 Å². The van der Waals surface area contributed by atoms with Crippen LogP contribution in [0.2, 0.25) is 0 Å². The van der Waals surface area contributed by atoms with Crippen LogP contribution in [0.25, 0.3) is 0 Å². The molecule has 0 unspecified atom stereocenters. The lowest BCUT2D eigenvalue weighted by atomic mass is 10.2. The number of benzene rings is 1. The molecule has 3 heteroatoms. The minimum Gasteiger partial charge on any atom is -0.484 e. The van der Waals surface area contributed by atoms with Crippen molar-refractivity contribution in [3.8, 4) is 5.75 Å². The third-order valence-corrected chi connectivity index (χ3v) is 2.43. The predicted octanol–water partition coefficient (Wildman–Crippen LogP) is 2.57. The molecule has 0 aliphatic rings. The lowest BCUT2D eigenvalue weighted by molar-refractivity contribution is -0.132. The normalized spacial score (nSPS) is 9.61. The zero-order valence-corrected chi connectivity index (χ0v) is 10.8. The van der Waals surface area contributed by atoms with E-state index in [4.69, 9.17) is 4.74 Å². The van der Waals surface area contributed by atoms with Gasteiger partial charge in [-0.2, -0.15) is 0 Å². The van der Waals surface area contributed by atoms with Crippen molar-refractivity contribution in [2.24, 2.45) is 0 Å². The highest BCUT2D eigenvalue weighted by atomic mass is 16.5. The molecular formula is C15H19NO2. The molecule has 1 aromatic rings. The molecule has 0 spiro atoms. The molecule has 1 rings (SSSR count). The zero-order valence-electron chi connectivity index (χ0n) is 10.8. The molecule has 1 aromatic carbocycles. The number of aryl methyl sites for hydroxylation is 1. The Kier molecular flexibility index (Phi) is 5.71. The lowest BCUT2D eigenvalue weighted by Crippen LogP contribution is -2.35. The van der Waals surface area contributed by atoms with Crippen molar-refractivity contribution in [3.05, 3.63) is 55.1 Å². The Morgan fingerprint density at radius 3 is 2.28 bits per heavy atom. The summed E-state index contributed by atoms with van der Waals surface area (Å²) in [5.74, 6) is 0.626. The van der Waals surface area contributed by atoms with Gasteiger partial charge >= 0.3 is 0 Å². The fraction of sp³-hybridized carbons (Fsp3) is 0.267. The summed E-state index contributed by atoms with van der Waals surface area (Å²) in [5, 5.41) is 0. The Morgan fingerprint density at radius 2 is 1.78 bits per heavy atom. The van der Waals surface area contributed by atoms with Crippen LogP contribution in [0.3, 0.4) is 0 Å². The standard InChI is InChI=1S/C15H19NO2/c1-4-10-16(11-5-2)15(17)12-18-14-8-6-13(3)7-9-14/h4-9H,1-2,10-12H2,3H3. The number of nitrogens with zero attached hydrogens (tertiary/aromatic N) is 1. The van der Waals surface area contributed by atoms with Crippen LogP contribution >= 0.6 is 0 Å². The van der Waals surface area contributed by atoms with Crippen LogP contribution in [0.5, 0.6) is 5.75 Å². The van der Waals surface area contributed by atoms with Crippen molar-refractivity contribution in [2.45, 2.75) is 6.92 Å². The number of carbonyl (C=O) groups is 1. The molecule has 96 valence electrons. The molecule has 0 atom stereocenters. The van der Waals surface area contributed by atoms with E-state index in [0.29, 0.717) is 18.8 Å². The van der Waals surface area contributed by atoms with Crippen LogP contribution in [0, 0.1) is 6.92 Å². The van der Waals surface area contributed by atoms with Gasteiger partial charge in [0.05, 0.1) is 0 Å². The summed E-state index contributed by atoms with van der Waals surface area (Å²) in [6.07, 6.45) is 3.38. The minimum atomic E-state index is -0.0737. The molecule has 0 bridgehead atoms. The summed E-state index contributed by atoms with van der Waals surface area (Å²) in [5.41, 5.74) is 1.16. The molecule has 0 aliphatic carbocycles. The maximum Gasteiger partial charge on any atom is 0.261 e. The van der Waals surface area contributed by atoms with Gasteiger partial charge in [0, 0.05) is 13.1 Å². The van der Waals surface area contributed by atoms with Crippen molar-refractivity contribution < 1.29 is 9.53 Å². The minimum absolute atomic E-state index is 0.0325. The Labute approximate surface area is 108 Å². The van der Waals surface area contributed by atoms with E-state index in [9.17, 15) is 4.79 Å². The van der Waals surface area contributed by atoms with Crippen LogP contribution in [0.1, 0.15) is 5.56 Å².